The number of aryl methyl sites for hydroxylation is 1. The lowest BCUT2D eigenvalue weighted by atomic mass is 9.93. The molecule has 1 heterocycles. The number of benzene rings is 1. The molecule has 1 fully saturated rings. The minimum absolute atomic E-state index is 0.0421. The normalized spacial score (nSPS) is 17.8. The first-order valence-electron chi connectivity index (χ1n) is 12.5. The van der Waals surface area contributed by atoms with Gasteiger partial charge in [-0.3, -0.25) is 9.59 Å². The highest BCUT2D eigenvalue weighted by atomic mass is 19.4. The molecule has 0 radical (unpaired) electrons. The number of carbonyl (C=O) groups is 3. The molecule has 2 rings (SSSR count). The van der Waals surface area contributed by atoms with Gasteiger partial charge in [-0.1, -0.05) is 64.0 Å². The molecule has 0 saturated carbocycles. The zero-order valence-electron chi connectivity index (χ0n) is 21.2. The van der Waals surface area contributed by atoms with Crippen molar-refractivity contribution >= 4 is 17.8 Å². The maximum absolute atomic E-state index is 12.7. The maximum Gasteiger partial charge on any atom is 0.490 e. The minimum atomic E-state index is -5.08. The third-order valence-electron chi connectivity index (χ3n) is 6.19. The summed E-state index contributed by atoms with van der Waals surface area (Å²) < 4.78 is 31.7. The molecular weight excluding hydrogens is 477 g/mol. The summed E-state index contributed by atoms with van der Waals surface area (Å²) >= 11 is 0. The van der Waals surface area contributed by atoms with Gasteiger partial charge in [0.25, 0.3) is 5.91 Å². The number of hydrogen-bond acceptors (Lipinski definition) is 4. The average molecular weight is 517 g/mol. The van der Waals surface area contributed by atoms with Gasteiger partial charge in [-0.25, -0.2) is 4.79 Å². The Morgan fingerprint density at radius 3 is 1.94 bits per heavy atom. The smallest absolute Gasteiger partial charge is 0.481 e. The van der Waals surface area contributed by atoms with Crippen LogP contribution in [-0.2, 0) is 16.0 Å². The van der Waals surface area contributed by atoms with Crippen LogP contribution >= 0.6 is 0 Å². The Bertz CT molecular complexity index is 830. The minimum Gasteiger partial charge on any atom is -0.481 e. The summed E-state index contributed by atoms with van der Waals surface area (Å²) in [6.45, 7) is 3.61. The number of nitrogens with zero attached hydrogens (tertiary/aromatic N) is 1. The second-order valence-electron chi connectivity index (χ2n) is 9.52. The first kappa shape index (κ1) is 31.4. The molecule has 0 bridgehead atoms. The molecule has 0 aliphatic carbocycles. The van der Waals surface area contributed by atoms with Crippen molar-refractivity contribution in [3.63, 3.8) is 0 Å². The van der Waals surface area contributed by atoms with E-state index in [4.69, 9.17) is 9.90 Å². The Morgan fingerprint density at radius 1 is 0.972 bits per heavy atom. The first-order chi connectivity index (χ1) is 16.9. The van der Waals surface area contributed by atoms with Gasteiger partial charge in [0, 0.05) is 18.7 Å². The van der Waals surface area contributed by atoms with Crippen LogP contribution in [0.25, 0.3) is 0 Å². The standard InChI is InChI=1S/C24H38N2O3.C2HF3O2/c1-3-4-5-6-7-8-9-10-11-20-12-14-21(15-13-20)23(29)25-24(18-22(27)28)16-17-26(2)19-24;3-2(4,5)1(6)7/h12-15H,3-11,16-19H2,1-2H3,(H,25,29)(H,27,28);(H,6,7). The molecule has 1 saturated heterocycles. The fourth-order valence-corrected chi connectivity index (χ4v) is 4.26. The van der Waals surface area contributed by atoms with Crippen LogP contribution in [-0.4, -0.2) is 64.8 Å². The Balaban J connectivity index is 0.000000809. The molecule has 1 aromatic carbocycles. The number of likely N-dealkylation sites (N-methyl/N-ethyl adjacent to an activating group) is 1. The van der Waals surface area contributed by atoms with Crippen molar-refractivity contribution < 1.29 is 37.8 Å². The van der Waals surface area contributed by atoms with E-state index in [2.05, 4.69) is 17.1 Å². The summed E-state index contributed by atoms with van der Waals surface area (Å²) in [4.78, 5) is 34.9. The zero-order valence-corrected chi connectivity index (χ0v) is 21.2. The van der Waals surface area contributed by atoms with E-state index in [0.717, 1.165) is 13.0 Å². The number of carboxylic acids is 2. The fraction of sp³-hybridized carbons (Fsp3) is 0.654. The molecule has 1 aliphatic heterocycles. The number of aliphatic carboxylic acids is 2. The van der Waals surface area contributed by atoms with Crippen LogP contribution < -0.4 is 5.32 Å². The quantitative estimate of drug-likeness (QED) is 0.308. The highest BCUT2D eigenvalue weighted by Gasteiger charge is 2.40. The SMILES string of the molecule is CCCCCCCCCCc1ccc(C(=O)NC2(CC(=O)O)CCN(C)C2)cc1.O=C(O)C(F)(F)F. The molecule has 1 unspecified atom stereocenters. The second kappa shape index (κ2) is 15.5. The number of nitrogens with one attached hydrogen (secondary N) is 1. The van der Waals surface area contributed by atoms with Crippen LogP contribution in [0.3, 0.4) is 0 Å². The lowest BCUT2D eigenvalue weighted by Crippen LogP contribution is -2.51. The highest BCUT2D eigenvalue weighted by molar-refractivity contribution is 5.95. The van der Waals surface area contributed by atoms with Gasteiger partial charge < -0.3 is 20.4 Å². The third-order valence-corrected chi connectivity index (χ3v) is 6.19. The Hall–Kier alpha value is -2.62. The van der Waals surface area contributed by atoms with Gasteiger partial charge in [0.05, 0.1) is 12.0 Å². The molecule has 1 amide bonds. The highest BCUT2D eigenvalue weighted by Crippen LogP contribution is 2.25. The molecule has 10 heteroatoms. The monoisotopic (exact) mass is 516 g/mol. The van der Waals surface area contributed by atoms with E-state index in [1.54, 1.807) is 0 Å². The van der Waals surface area contributed by atoms with Crippen LogP contribution in [0.2, 0.25) is 0 Å². The Labute approximate surface area is 211 Å². The van der Waals surface area contributed by atoms with Crippen molar-refractivity contribution in [1.82, 2.24) is 10.2 Å². The van der Waals surface area contributed by atoms with Gasteiger partial charge in [-0.15, -0.1) is 0 Å². The number of likely N-dealkylation sites (tertiary alicyclic amines) is 1. The molecule has 7 nitrogen and oxygen atoms in total. The number of amides is 1. The van der Waals surface area contributed by atoms with E-state index in [0.29, 0.717) is 18.5 Å². The number of alkyl halides is 3. The first-order valence-corrected chi connectivity index (χ1v) is 12.5. The predicted octanol–water partition coefficient (Wildman–Crippen LogP) is 5.28. The van der Waals surface area contributed by atoms with Crippen molar-refractivity contribution in [3.8, 4) is 0 Å². The van der Waals surface area contributed by atoms with Crippen molar-refractivity contribution in [2.45, 2.75) is 89.3 Å². The summed E-state index contributed by atoms with van der Waals surface area (Å²) in [5.41, 5.74) is 1.19. The molecule has 1 atom stereocenters. The topological polar surface area (TPSA) is 107 Å². The Kier molecular flexibility index (Phi) is 13.5. The number of hydrogen-bond donors (Lipinski definition) is 3. The Morgan fingerprint density at radius 2 is 1.50 bits per heavy atom. The van der Waals surface area contributed by atoms with Crippen LogP contribution in [0.5, 0.6) is 0 Å². The van der Waals surface area contributed by atoms with Gasteiger partial charge in [0.15, 0.2) is 0 Å². The number of carboxylic acid groups (broad SMARTS) is 2. The second-order valence-corrected chi connectivity index (χ2v) is 9.52. The molecule has 1 aromatic rings. The van der Waals surface area contributed by atoms with E-state index >= 15 is 0 Å². The van der Waals surface area contributed by atoms with Gasteiger partial charge in [0.2, 0.25) is 0 Å². The number of carbonyl (C=O) groups excluding carboxylic acids is 1. The van der Waals surface area contributed by atoms with Gasteiger partial charge in [-0.05, 0) is 44.0 Å². The van der Waals surface area contributed by atoms with Crippen LogP contribution in [0, 0.1) is 0 Å². The van der Waals surface area contributed by atoms with Gasteiger partial charge in [-0.2, -0.15) is 13.2 Å². The summed E-state index contributed by atoms with van der Waals surface area (Å²) in [5.74, 6) is -3.81. The molecule has 3 N–H and O–H groups in total. The number of unbranched alkanes of at least 4 members (excludes halogenated alkanes) is 7. The molecule has 36 heavy (non-hydrogen) atoms. The predicted molar refractivity (Wildman–Crippen MR) is 131 cm³/mol. The van der Waals surface area contributed by atoms with E-state index in [1.807, 2.05) is 31.3 Å². The van der Waals surface area contributed by atoms with Crippen LogP contribution in [0.4, 0.5) is 13.2 Å². The van der Waals surface area contributed by atoms with E-state index in [1.165, 1.54) is 56.9 Å². The summed E-state index contributed by atoms with van der Waals surface area (Å²) in [6, 6.07) is 7.78. The summed E-state index contributed by atoms with van der Waals surface area (Å²) in [5, 5.41) is 19.4. The van der Waals surface area contributed by atoms with Crippen molar-refractivity contribution in [3.05, 3.63) is 35.4 Å². The van der Waals surface area contributed by atoms with E-state index < -0.39 is 23.7 Å². The van der Waals surface area contributed by atoms with Crippen LogP contribution in [0.15, 0.2) is 24.3 Å². The van der Waals surface area contributed by atoms with Crippen LogP contribution in [0.1, 0.15) is 87.1 Å². The average Bonchev–Trinajstić information content (AvgIpc) is 3.14. The summed E-state index contributed by atoms with van der Waals surface area (Å²) in [7, 11) is 1.95. The number of rotatable bonds is 13. The lowest BCUT2D eigenvalue weighted by Gasteiger charge is -2.28. The molecule has 204 valence electrons. The molecule has 0 aromatic heterocycles. The summed E-state index contributed by atoms with van der Waals surface area (Å²) in [6.07, 6.45) is 7.06. The molecular formula is C26H39F3N2O5. The largest absolute Gasteiger partial charge is 0.490 e. The van der Waals surface area contributed by atoms with E-state index in [9.17, 15) is 27.9 Å². The maximum atomic E-state index is 12.7. The van der Waals surface area contributed by atoms with Gasteiger partial charge >= 0.3 is 18.1 Å². The van der Waals surface area contributed by atoms with Crippen molar-refractivity contribution in [1.29, 1.82) is 0 Å². The van der Waals surface area contributed by atoms with Crippen molar-refractivity contribution in [2.24, 2.45) is 0 Å². The molecule has 0 spiro atoms. The third kappa shape index (κ3) is 12.4. The molecule has 1 aliphatic rings. The lowest BCUT2D eigenvalue weighted by molar-refractivity contribution is -0.192. The van der Waals surface area contributed by atoms with Crippen molar-refractivity contribution in [2.75, 3.05) is 20.1 Å². The number of halogens is 3. The van der Waals surface area contributed by atoms with E-state index in [-0.39, 0.29) is 12.3 Å². The fourth-order valence-electron chi connectivity index (χ4n) is 4.26. The zero-order chi connectivity index (χ0) is 27.2. The van der Waals surface area contributed by atoms with Gasteiger partial charge in [0.1, 0.15) is 0 Å².